The number of hydrogen-bond acceptors (Lipinski definition) is 4. The zero-order valence-electron chi connectivity index (χ0n) is 15.0. The third-order valence-corrected chi connectivity index (χ3v) is 12.6. The van der Waals surface area contributed by atoms with Gasteiger partial charge in [0, 0.05) is 26.4 Å². The Hall–Kier alpha value is -0.246. The molecule has 4 nitrogen and oxygen atoms in total. The number of rotatable bonds is 14. The summed E-state index contributed by atoms with van der Waals surface area (Å²) in [5, 5.41) is 0.0831. The second kappa shape index (κ2) is 11.3. The molecule has 0 radical (unpaired) electrons. The minimum absolute atomic E-state index is 0.0831. The summed E-state index contributed by atoms with van der Waals surface area (Å²) in [6.07, 6.45) is 1.94. The van der Waals surface area contributed by atoms with E-state index in [9.17, 15) is 0 Å². The van der Waals surface area contributed by atoms with Crippen molar-refractivity contribution in [3.63, 3.8) is 0 Å². The van der Waals surface area contributed by atoms with Crippen LogP contribution in [0.1, 0.15) is 47.5 Å². The minimum atomic E-state index is -2.65. The molecule has 6 heteroatoms. The average molecular weight is 347 g/mol. The molecule has 0 aromatic heterocycles. The van der Waals surface area contributed by atoms with Gasteiger partial charge in [0.05, 0.1) is 5.16 Å². The van der Waals surface area contributed by atoms with Crippen LogP contribution in [0.5, 0.6) is 0 Å². The van der Waals surface area contributed by atoms with Gasteiger partial charge in [-0.1, -0.05) is 13.3 Å². The van der Waals surface area contributed by atoms with Crippen LogP contribution in [0.15, 0.2) is 24.6 Å². The van der Waals surface area contributed by atoms with E-state index in [1.54, 1.807) is 0 Å². The summed E-state index contributed by atoms with van der Waals surface area (Å²) < 4.78 is 24.6. The van der Waals surface area contributed by atoms with Crippen LogP contribution in [0, 0.1) is 0 Å². The zero-order valence-corrected chi connectivity index (χ0v) is 17.0. The number of hydrogen-bond donors (Lipinski definition) is 0. The van der Waals surface area contributed by atoms with Crippen molar-refractivity contribution >= 4 is 17.1 Å². The van der Waals surface area contributed by atoms with Crippen LogP contribution in [0.25, 0.3) is 0 Å². The molecule has 130 valence electrons. The lowest BCUT2D eigenvalue weighted by Gasteiger charge is -2.42. The maximum absolute atomic E-state index is 6.16. The molecule has 0 rings (SSSR count). The molecule has 0 aromatic rings. The molecular weight excluding hydrogens is 312 g/mol. The zero-order chi connectivity index (χ0) is 17.1. The Labute approximate surface area is 139 Å². The Morgan fingerprint density at radius 2 is 1.05 bits per heavy atom. The first-order chi connectivity index (χ1) is 10.6. The third-order valence-electron chi connectivity index (χ3n) is 3.60. The SMILES string of the molecule is C=C[Si](OCC)(OCC)C(CCC)[Si](C=C)(OCC)OCC. The Balaban J connectivity index is 5.94. The minimum Gasteiger partial charge on any atom is -0.391 e. The van der Waals surface area contributed by atoms with E-state index >= 15 is 0 Å². The molecule has 0 heterocycles. The van der Waals surface area contributed by atoms with E-state index < -0.39 is 17.1 Å². The normalized spacial score (nSPS) is 12.6. The summed E-state index contributed by atoms with van der Waals surface area (Å²) in [4.78, 5) is 0. The largest absolute Gasteiger partial charge is 0.391 e. The summed E-state index contributed by atoms with van der Waals surface area (Å²) in [6, 6.07) is 0. The van der Waals surface area contributed by atoms with Crippen molar-refractivity contribution in [2.45, 2.75) is 52.6 Å². The molecule has 0 fully saturated rings. The summed E-state index contributed by atoms with van der Waals surface area (Å²) in [5.74, 6) is 0. The van der Waals surface area contributed by atoms with Gasteiger partial charge in [0.25, 0.3) is 0 Å². The lowest BCUT2D eigenvalue weighted by atomic mass is 10.4. The van der Waals surface area contributed by atoms with E-state index in [2.05, 4.69) is 20.1 Å². The molecule has 0 saturated carbocycles. The Bertz CT molecular complexity index is 283. The van der Waals surface area contributed by atoms with Crippen molar-refractivity contribution < 1.29 is 17.7 Å². The molecule has 0 aliphatic heterocycles. The van der Waals surface area contributed by atoms with Crippen LogP contribution < -0.4 is 0 Å². The van der Waals surface area contributed by atoms with Crippen LogP contribution in [0.2, 0.25) is 5.16 Å². The van der Waals surface area contributed by atoms with Gasteiger partial charge in [0.15, 0.2) is 0 Å². The van der Waals surface area contributed by atoms with Crippen molar-refractivity contribution in [1.29, 1.82) is 0 Å². The van der Waals surface area contributed by atoms with E-state index in [0.717, 1.165) is 12.8 Å². The molecule has 0 bridgehead atoms. The summed E-state index contributed by atoms with van der Waals surface area (Å²) in [7, 11) is -5.29. The smallest absolute Gasteiger partial charge is 0.369 e. The van der Waals surface area contributed by atoms with E-state index in [-0.39, 0.29) is 5.16 Å². The van der Waals surface area contributed by atoms with Gasteiger partial charge < -0.3 is 17.7 Å². The molecule has 0 spiro atoms. The molecule has 0 saturated heterocycles. The highest BCUT2D eigenvalue weighted by Gasteiger charge is 2.57. The van der Waals surface area contributed by atoms with Crippen LogP contribution >= 0.6 is 0 Å². The molecule has 0 N–H and O–H groups in total. The Morgan fingerprint density at radius 1 is 0.727 bits per heavy atom. The van der Waals surface area contributed by atoms with Gasteiger partial charge in [-0.05, 0) is 45.5 Å². The lowest BCUT2D eigenvalue weighted by Crippen LogP contribution is -2.59. The Morgan fingerprint density at radius 3 is 1.23 bits per heavy atom. The van der Waals surface area contributed by atoms with Crippen molar-refractivity contribution in [3.8, 4) is 0 Å². The first-order valence-corrected chi connectivity index (χ1v) is 12.3. The fourth-order valence-electron chi connectivity index (χ4n) is 2.88. The standard InChI is InChI=1S/C16H34O4Si2/c1-8-15-16(21(13-6,17-9-2)18-10-3)22(14-7,19-11-4)20-12-5/h13-14,16H,6-12,15H2,1-5H3. The molecule has 0 aliphatic carbocycles. The van der Waals surface area contributed by atoms with E-state index in [0.29, 0.717) is 26.4 Å². The molecule has 0 unspecified atom stereocenters. The predicted octanol–water partition coefficient (Wildman–Crippen LogP) is 4.18. The summed E-state index contributed by atoms with van der Waals surface area (Å²) >= 11 is 0. The highest BCUT2D eigenvalue weighted by molar-refractivity contribution is 6.92. The van der Waals surface area contributed by atoms with Gasteiger partial charge in [0.1, 0.15) is 0 Å². The van der Waals surface area contributed by atoms with Gasteiger partial charge in [-0.3, -0.25) is 0 Å². The van der Waals surface area contributed by atoms with Gasteiger partial charge in [-0.25, -0.2) is 0 Å². The molecule has 0 aromatic carbocycles. The van der Waals surface area contributed by atoms with Gasteiger partial charge in [0.2, 0.25) is 0 Å². The third kappa shape index (κ3) is 5.14. The maximum atomic E-state index is 6.16. The summed E-state index contributed by atoms with van der Waals surface area (Å²) in [6.45, 7) is 20.6. The fraction of sp³-hybridized carbons (Fsp3) is 0.750. The second-order valence-electron chi connectivity index (χ2n) is 4.92. The lowest BCUT2D eigenvalue weighted by molar-refractivity contribution is 0.159. The topological polar surface area (TPSA) is 36.9 Å². The first kappa shape index (κ1) is 21.8. The van der Waals surface area contributed by atoms with Crippen molar-refractivity contribution in [1.82, 2.24) is 0 Å². The van der Waals surface area contributed by atoms with E-state index in [1.165, 1.54) is 0 Å². The highest BCUT2D eigenvalue weighted by atomic mass is 28.4. The molecule has 0 atom stereocenters. The van der Waals surface area contributed by atoms with Crippen LogP contribution in [-0.4, -0.2) is 43.5 Å². The van der Waals surface area contributed by atoms with Crippen LogP contribution in [0.4, 0.5) is 0 Å². The van der Waals surface area contributed by atoms with Crippen LogP contribution in [-0.2, 0) is 17.7 Å². The molecular formula is C16H34O4Si2. The predicted molar refractivity (Wildman–Crippen MR) is 97.1 cm³/mol. The van der Waals surface area contributed by atoms with Crippen molar-refractivity contribution in [2.24, 2.45) is 0 Å². The van der Waals surface area contributed by atoms with Gasteiger partial charge in [-0.2, -0.15) is 0 Å². The molecule has 22 heavy (non-hydrogen) atoms. The average Bonchev–Trinajstić information content (AvgIpc) is 2.52. The van der Waals surface area contributed by atoms with Gasteiger partial charge >= 0.3 is 17.1 Å². The Kier molecular flexibility index (Phi) is 11.2. The van der Waals surface area contributed by atoms with Crippen LogP contribution in [0.3, 0.4) is 0 Å². The maximum Gasteiger partial charge on any atom is 0.369 e. The monoisotopic (exact) mass is 346 g/mol. The van der Waals surface area contributed by atoms with Crippen molar-refractivity contribution in [3.05, 3.63) is 24.6 Å². The second-order valence-corrected chi connectivity index (χ2v) is 11.8. The van der Waals surface area contributed by atoms with E-state index in [4.69, 9.17) is 17.7 Å². The molecule has 0 amide bonds. The van der Waals surface area contributed by atoms with Gasteiger partial charge in [-0.15, -0.1) is 13.2 Å². The summed E-state index contributed by atoms with van der Waals surface area (Å²) in [5.41, 5.74) is 3.78. The van der Waals surface area contributed by atoms with E-state index in [1.807, 2.05) is 39.1 Å². The quantitative estimate of drug-likeness (QED) is 0.442. The fourth-order valence-corrected chi connectivity index (χ4v) is 12.0. The highest BCUT2D eigenvalue weighted by Crippen LogP contribution is 2.40. The van der Waals surface area contributed by atoms with Crippen molar-refractivity contribution in [2.75, 3.05) is 26.4 Å². The molecule has 0 aliphatic rings. The first-order valence-electron chi connectivity index (χ1n) is 8.39.